The zero-order valence-electron chi connectivity index (χ0n) is 15.6. The minimum Gasteiger partial charge on any atom is -0.484 e. The van der Waals surface area contributed by atoms with Crippen LogP contribution in [0.1, 0.15) is 18.6 Å². The third kappa shape index (κ3) is 5.30. The smallest absolute Gasteiger partial charge is 0.323 e. The van der Waals surface area contributed by atoms with Crippen LogP contribution in [0.25, 0.3) is 0 Å². The molecule has 0 bridgehead atoms. The molecule has 1 saturated heterocycles. The van der Waals surface area contributed by atoms with E-state index in [0.717, 1.165) is 25.9 Å². The van der Waals surface area contributed by atoms with Gasteiger partial charge in [-0.1, -0.05) is 12.0 Å². The predicted molar refractivity (Wildman–Crippen MR) is 105 cm³/mol. The number of benzene rings is 1. The highest BCUT2D eigenvalue weighted by molar-refractivity contribution is 5.89. The van der Waals surface area contributed by atoms with E-state index in [-0.39, 0.29) is 31.6 Å². The minimum absolute atomic E-state index is 0.0148. The van der Waals surface area contributed by atoms with Crippen LogP contribution < -0.4 is 10.1 Å². The number of likely N-dealkylation sites (tertiary alicyclic amines) is 1. The number of anilines is 1. The van der Waals surface area contributed by atoms with Crippen LogP contribution in [-0.2, 0) is 11.3 Å². The first kappa shape index (κ1) is 19.4. The summed E-state index contributed by atoms with van der Waals surface area (Å²) in [5.41, 5.74) is 0.553. The quantitative estimate of drug-likeness (QED) is 0.749. The lowest BCUT2D eigenvalue weighted by atomic mass is 10.3. The summed E-state index contributed by atoms with van der Waals surface area (Å²) in [5.74, 6) is 3.61. The number of carbonyl (C=O) groups excluding carboxylic acids is 2. The maximum atomic E-state index is 12.6. The molecule has 7 heteroatoms. The van der Waals surface area contributed by atoms with Crippen molar-refractivity contribution in [2.45, 2.75) is 19.4 Å². The molecular weight excluding hydrogens is 358 g/mol. The van der Waals surface area contributed by atoms with Crippen molar-refractivity contribution in [2.24, 2.45) is 0 Å². The van der Waals surface area contributed by atoms with Crippen molar-refractivity contribution in [3.05, 3.63) is 48.4 Å². The number of amides is 3. The van der Waals surface area contributed by atoms with E-state index in [2.05, 4.69) is 11.2 Å². The third-order valence-corrected chi connectivity index (χ3v) is 4.40. The number of nitrogens with one attached hydrogen (secondary N) is 1. The summed E-state index contributed by atoms with van der Waals surface area (Å²) < 4.78 is 10.9. The molecule has 7 nitrogen and oxygen atoms in total. The van der Waals surface area contributed by atoms with Gasteiger partial charge in [0.1, 0.15) is 11.5 Å². The largest absolute Gasteiger partial charge is 0.484 e. The highest BCUT2D eigenvalue weighted by Gasteiger charge is 2.18. The Bertz CT molecular complexity index is 836. The van der Waals surface area contributed by atoms with Gasteiger partial charge in [-0.05, 0) is 37.1 Å². The van der Waals surface area contributed by atoms with Crippen LogP contribution in [-0.4, -0.2) is 48.0 Å². The fraction of sp³-hybridized carbons (Fsp3) is 0.333. The number of ether oxygens (including phenoxy) is 1. The number of furan rings is 1. The molecule has 3 rings (SSSR count). The van der Waals surface area contributed by atoms with Gasteiger partial charge >= 0.3 is 6.03 Å². The molecule has 0 aliphatic carbocycles. The van der Waals surface area contributed by atoms with Gasteiger partial charge in [-0.25, -0.2) is 4.79 Å². The van der Waals surface area contributed by atoms with Gasteiger partial charge in [0.15, 0.2) is 6.61 Å². The lowest BCUT2D eigenvalue weighted by molar-refractivity contribution is -0.132. The van der Waals surface area contributed by atoms with Gasteiger partial charge < -0.3 is 24.3 Å². The molecule has 2 aromatic rings. The van der Waals surface area contributed by atoms with E-state index in [1.807, 2.05) is 0 Å². The number of nitrogens with zero attached hydrogens (tertiary/aromatic N) is 2. The normalized spacial score (nSPS) is 13.0. The van der Waals surface area contributed by atoms with E-state index in [1.165, 1.54) is 4.90 Å². The Balaban J connectivity index is 1.57. The van der Waals surface area contributed by atoms with Crippen LogP contribution in [0.15, 0.2) is 47.1 Å². The van der Waals surface area contributed by atoms with Crippen molar-refractivity contribution in [1.82, 2.24) is 9.80 Å². The van der Waals surface area contributed by atoms with E-state index >= 15 is 0 Å². The summed E-state index contributed by atoms with van der Waals surface area (Å²) in [5, 5.41) is 2.80. The average molecular weight is 381 g/mol. The van der Waals surface area contributed by atoms with Crippen LogP contribution >= 0.6 is 0 Å². The molecule has 0 unspecified atom stereocenters. The van der Waals surface area contributed by atoms with Gasteiger partial charge in [0.25, 0.3) is 5.91 Å². The van der Waals surface area contributed by atoms with Gasteiger partial charge in [0, 0.05) is 24.8 Å². The number of carbonyl (C=O) groups is 2. The molecule has 28 heavy (non-hydrogen) atoms. The maximum Gasteiger partial charge on any atom is 0.323 e. The molecule has 0 atom stereocenters. The van der Waals surface area contributed by atoms with E-state index < -0.39 is 0 Å². The molecular formula is C21H23N3O4. The lowest BCUT2D eigenvalue weighted by Gasteiger charge is -2.20. The summed E-state index contributed by atoms with van der Waals surface area (Å²) in [7, 11) is 0. The van der Waals surface area contributed by atoms with Crippen molar-refractivity contribution in [3.8, 4) is 18.1 Å². The maximum absolute atomic E-state index is 12.6. The van der Waals surface area contributed by atoms with E-state index in [0.29, 0.717) is 17.2 Å². The van der Waals surface area contributed by atoms with Gasteiger partial charge in [-0.3, -0.25) is 4.79 Å². The lowest BCUT2D eigenvalue weighted by Crippen LogP contribution is -2.34. The summed E-state index contributed by atoms with van der Waals surface area (Å²) >= 11 is 0. The Morgan fingerprint density at radius 3 is 2.79 bits per heavy atom. The molecule has 1 fully saturated rings. The first-order valence-corrected chi connectivity index (χ1v) is 9.18. The Morgan fingerprint density at radius 1 is 1.25 bits per heavy atom. The topological polar surface area (TPSA) is 75.0 Å². The van der Waals surface area contributed by atoms with Gasteiger partial charge in [-0.2, -0.15) is 0 Å². The highest BCUT2D eigenvalue weighted by atomic mass is 16.5. The molecule has 0 saturated carbocycles. The fourth-order valence-electron chi connectivity index (χ4n) is 2.97. The predicted octanol–water partition coefficient (Wildman–Crippen LogP) is 2.95. The van der Waals surface area contributed by atoms with Crippen molar-refractivity contribution in [3.63, 3.8) is 0 Å². The SMILES string of the molecule is C#CCN(Cc1ccco1)C(=O)Nc1cccc(OCC(=O)N2CCCC2)c1. The van der Waals surface area contributed by atoms with Crippen molar-refractivity contribution in [2.75, 3.05) is 31.6 Å². The van der Waals surface area contributed by atoms with Gasteiger partial charge in [0.2, 0.25) is 0 Å². The second-order valence-electron chi connectivity index (χ2n) is 6.47. The minimum atomic E-state index is -0.348. The molecule has 1 N–H and O–H groups in total. The first-order valence-electron chi connectivity index (χ1n) is 9.18. The average Bonchev–Trinajstić information content (AvgIpc) is 3.40. The molecule has 0 spiro atoms. The highest BCUT2D eigenvalue weighted by Crippen LogP contribution is 2.19. The molecule has 1 aliphatic rings. The Hall–Kier alpha value is -3.40. The van der Waals surface area contributed by atoms with Crippen molar-refractivity contribution in [1.29, 1.82) is 0 Å². The number of hydrogen-bond donors (Lipinski definition) is 1. The van der Waals surface area contributed by atoms with Crippen LogP contribution in [0, 0.1) is 12.3 Å². The molecule has 1 aromatic heterocycles. The summed E-state index contributed by atoms with van der Waals surface area (Å²) in [6, 6.07) is 10.1. The standard InChI is InChI=1S/C21H23N3O4/c1-2-10-24(15-19-9-6-13-27-19)21(26)22-17-7-5-8-18(14-17)28-16-20(25)23-11-3-4-12-23/h1,5-9,13-14H,3-4,10-12,15-16H2,(H,22,26). The molecule has 1 aliphatic heterocycles. The molecule has 1 aromatic carbocycles. The van der Waals surface area contributed by atoms with Crippen LogP contribution in [0.4, 0.5) is 10.5 Å². The number of terminal acetylenes is 1. The second-order valence-corrected chi connectivity index (χ2v) is 6.47. The monoisotopic (exact) mass is 381 g/mol. The Morgan fingerprint density at radius 2 is 2.07 bits per heavy atom. The first-order chi connectivity index (χ1) is 13.7. The van der Waals surface area contributed by atoms with Crippen LogP contribution in [0.2, 0.25) is 0 Å². The zero-order chi connectivity index (χ0) is 19.8. The fourth-order valence-corrected chi connectivity index (χ4v) is 2.97. The zero-order valence-corrected chi connectivity index (χ0v) is 15.6. The van der Waals surface area contributed by atoms with Crippen LogP contribution in [0.3, 0.4) is 0 Å². The number of rotatable bonds is 7. The Labute approximate surface area is 164 Å². The number of hydrogen-bond acceptors (Lipinski definition) is 4. The van der Waals surface area contributed by atoms with Crippen molar-refractivity contribution < 1.29 is 18.7 Å². The number of urea groups is 1. The second kappa shape index (κ2) is 9.51. The van der Waals surface area contributed by atoms with E-state index in [4.69, 9.17) is 15.6 Å². The summed E-state index contributed by atoms with van der Waals surface area (Å²) in [6.07, 6.45) is 9.00. The molecule has 3 amide bonds. The summed E-state index contributed by atoms with van der Waals surface area (Å²) in [4.78, 5) is 27.9. The molecule has 2 heterocycles. The van der Waals surface area contributed by atoms with E-state index in [1.54, 1.807) is 47.6 Å². The van der Waals surface area contributed by atoms with Gasteiger partial charge in [0.05, 0.1) is 19.4 Å². The Kier molecular flexibility index (Phi) is 6.58. The van der Waals surface area contributed by atoms with Crippen LogP contribution in [0.5, 0.6) is 5.75 Å². The molecule has 146 valence electrons. The summed E-state index contributed by atoms with van der Waals surface area (Å²) in [6.45, 7) is 1.98. The van der Waals surface area contributed by atoms with E-state index in [9.17, 15) is 9.59 Å². The third-order valence-electron chi connectivity index (χ3n) is 4.40. The van der Waals surface area contributed by atoms with Gasteiger partial charge in [-0.15, -0.1) is 6.42 Å². The van der Waals surface area contributed by atoms with Crippen molar-refractivity contribution >= 4 is 17.6 Å². The molecule has 0 radical (unpaired) electrons.